The van der Waals surface area contributed by atoms with Crippen molar-refractivity contribution in [3.63, 3.8) is 0 Å². The van der Waals surface area contributed by atoms with Crippen molar-refractivity contribution in [3.05, 3.63) is 29.4 Å². The summed E-state index contributed by atoms with van der Waals surface area (Å²) in [6.07, 6.45) is 1.47. The molecule has 0 spiro atoms. The normalized spacial score (nSPS) is 10.4. The van der Waals surface area contributed by atoms with Gasteiger partial charge in [0.25, 0.3) is 5.82 Å². The van der Waals surface area contributed by atoms with Gasteiger partial charge >= 0.3 is 0 Å². The predicted octanol–water partition coefficient (Wildman–Crippen LogP) is 1.19. The maximum atomic E-state index is 11.4. The zero-order chi connectivity index (χ0) is 11.7. The third-order valence-corrected chi connectivity index (χ3v) is 2.39. The summed E-state index contributed by atoms with van der Waals surface area (Å²) in [5.74, 6) is 1.59. The van der Waals surface area contributed by atoms with Gasteiger partial charge in [0.15, 0.2) is 17.0 Å². The van der Waals surface area contributed by atoms with Crippen molar-refractivity contribution in [1.82, 2.24) is 4.98 Å². The topological polar surface area (TPSA) is 58.3 Å². The van der Waals surface area contributed by atoms with Crippen LogP contribution in [0.15, 0.2) is 18.3 Å². The molecule has 0 atom stereocenters. The lowest BCUT2D eigenvalue weighted by molar-refractivity contribution is -0.614. The van der Waals surface area contributed by atoms with Crippen LogP contribution in [-0.4, -0.2) is 19.2 Å². The van der Waals surface area contributed by atoms with E-state index in [9.17, 15) is 5.21 Å². The minimum atomic E-state index is 0.403. The zero-order valence-electron chi connectivity index (χ0n) is 9.35. The van der Waals surface area contributed by atoms with E-state index in [-0.39, 0.29) is 0 Å². The lowest BCUT2D eigenvalue weighted by atomic mass is 10.2. The first-order chi connectivity index (χ1) is 7.65. The van der Waals surface area contributed by atoms with Crippen LogP contribution in [0, 0.1) is 12.1 Å². The molecule has 84 valence electrons. The second kappa shape index (κ2) is 3.84. The first-order valence-electron chi connectivity index (χ1n) is 4.78. The molecule has 0 saturated carbocycles. The molecule has 5 nitrogen and oxygen atoms in total. The Morgan fingerprint density at radius 3 is 2.44 bits per heavy atom. The number of aromatic nitrogens is 2. The molecule has 16 heavy (non-hydrogen) atoms. The number of methoxy groups -OCH3 is 2. The number of hydrogen-bond acceptors (Lipinski definition) is 4. The van der Waals surface area contributed by atoms with Gasteiger partial charge in [-0.15, -0.1) is 0 Å². The van der Waals surface area contributed by atoms with Crippen LogP contribution in [-0.2, 0) is 0 Å². The summed E-state index contributed by atoms with van der Waals surface area (Å²) in [6.45, 7) is 1.66. The molecule has 5 heteroatoms. The van der Waals surface area contributed by atoms with E-state index in [0.717, 1.165) is 10.1 Å². The number of nitrogens with zero attached hydrogens (tertiary/aromatic N) is 2. The quantitative estimate of drug-likeness (QED) is 0.563. The van der Waals surface area contributed by atoms with Crippen molar-refractivity contribution in [2.45, 2.75) is 6.92 Å². The van der Waals surface area contributed by atoms with Crippen LogP contribution >= 0.6 is 0 Å². The summed E-state index contributed by atoms with van der Waals surface area (Å²) in [5, 5.41) is 12.1. The fourth-order valence-electron chi connectivity index (χ4n) is 1.53. The molecule has 0 aliphatic rings. The molecule has 1 aromatic carbocycles. The molecule has 0 fully saturated rings. The Balaban J connectivity index is 2.73. The molecule has 0 aliphatic heterocycles. The average Bonchev–Trinajstić information content (AvgIpc) is 2.29. The highest BCUT2D eigenvalue weighted by Gasteiger charge is 2.12. The SMILES string of the molecule is COc1cc2c[n+]([O-])c(C)nc2cc1OC. The summed E-state index contributed by atoms with van der Waals surface area (Å²) in [7, 11) is 3.11. The second-order valence-electron chi connectivity index (χ2n) is 3.38. The minimum absolute atomic E-state index is 0.403. The van der Waals surface area contributed by atoms with Gasteiger partial charge in [-0.05, 0) is 11.1 Å². The molecule has 2 rings (SSSR count). The first kappa shape index (κ1) is 10.5. The molecule has 0 radical (unpaired) electrons. The van der Waals surface area contributed by atoms with Gasteiger partial charge in [-0.25, -0.2) is 4.73 Å². The molecule has 0 unspecified atom stereocenters. The Bertz CT molecular complexity index is 492. The molecular weight excluding hydrogens is 208 g/mol. The fraction of sp³-hybridized carbons (Fsp3) is 0.273. The number of hydrogen-bond donors (Lipinski definition) is 0. The van der Waals surface area contributed by atoms with Crippen LogP contribution in [0.1, 0.15) is 5.82 Å². The first-order valence-corrected chi connectivity index (χ1v) is 4.78. The molecule has 2 aromatic rings. The molecule has 1 heterocycles. The van der Waals surface area contributed by atoms with Crippen LogP contribution in [0.3, 0.4) is 0 Å². The van der Waals surface area contributed by atoms with E-state index in [1.165, 1.54) is 6.20 Å². The third-order valence-electron chi connectivity index (χ3n) is 2.39. The van der Waals surface area contributed by atoms with Crippen LogP contribution in [0.2, 0.25) is 0 Å². The molecular formula is C11H12N2O3. The molecule has 1 aromatic heterocycles. The highest BCUT2D eigenvalue weighted by Crippen LogP contribution is 2.30. The van der Waals surface area contributed by atoms with Crippen molar-refractivity contribution in [2.24, 2.45) is 0 Å². The Hall–Kier alpha value is -2.04. The molecule has 0 bridgehead atoms. The number of fused-ring (bicyclic) bond motifs is 1. The van der Waals surface area contributed by atoms with Gasteiger partial charge in [0.2, 0.25) is 0 Å². The molecule has 0 amide bonds. The maximum absolute atomic E-state index is 11.4. The number of aryl methyl sites for hydroxylation is 1. The third kappa shape index (κ3) is 1.60. The maximum Gasteiger partial charge on any atom is 0.298 e. The Morgan fingerprint density at radius 2 is 1.81 bits per heavy atom. The van der Waals surface area contributed by atoms with Crippen LogP contribution in [0.4, 0.5) is 0 Å². The van der Waals surface area contributed by atoms with E-state index in [1.54, 1.807) is 33.3 Å². The standard InChI is InChI=1S/C11H12N2O3/c1-7-12-9-5-11(16-3)10(15-2)4-8(9)6-13(7)14/h4-6H,1-3H3. The van der Waals surface area contributed by atoms with Gasteiger partial charge in [0.05, 0.1) is 19.6 Å². The fourth-order valence-corrected chi connectivity index (χ4v) is 1.53. The van der Waals surface area contributed by atoms with Crippen LogP contribution < -0.4 is 14.2 Å². The van der Waals surface area contributed by atoms with E-state index in [0.29, 0.717) is 22.8 Å². The Kier molecular flexibility index (Phi) is 2.52. The number of benzene rings is 1. The van der Waals surface area contributed by atoms with E-state index in [1.807, 2.05) is 0 Å². The van der Waals surface area contributed by atoms with Gasteiger partial charge in [0.1, 0.15) is 6.20 Å². The van der Waals surface area contributed by atoms with Crippen molar-refractivity contribution < 1.29 is 14.2 Å². The highest BCUT2D eigenvalue weighted by atomic mass is 16.5. The lowest BCUT2D eigenvalue weighted by Gasteiger charge is -2.08. The minimum Gasteiger partial charge on any atom is -0.711 e. The monoisotopic (exact) mass is 220 g/mol. The number of ether oxygens (including phenoxy) is 2. The summed E-state index contributed by atoms with van der Waals surface area (Å²) in [4.78, 5) is 4.17. The van der Waals surface area contributed by atoms with E-state index >= 15 is 0 Å². The van der Waals surface area contributed by atoms with Crippen molar-refractivity contribution in [2.75, 3.05) is 14.2 Å². The Labute approximate surface area is 92.8 Å². The largest absolute Gasteiger partial charge is 0.711 e. The molecule has 0 aliphatic carbocycles. The van der Waals surface area contributed by atoms with Gasteiger partial charge < -0.3 is 14.7 Å². The highest BCUT2D eigenvalue weighted by molar-refractivity contribution is 5.81. The zero-order valence-corrected chi connectivity index (χ0v) is 9.35. The number of rotatable bonds is 2. The average molecular weight is 220 g/mol. The Morgan fingerprint density at radius 1 is 1.19 bits per heavy atom. The van der Waals surface area contributed by atoms with Crippen molar-refractivity contribution in [3.8, 4) is 11.5 Å². The van der Waals surface area contributed by atoms with E-state index in [4.69, 9.17) is 9.47 Å². The second-order valence-corrected chi connectivity index (χ2v) is 3.38. The smallest absolute Gasteiger partial charge is 0.298 e. The van der Waals surface area contributed by atoms with Gasteiger partial charge in [-0.1, -0.05) is 0 Å². The summed E-state index contributed by atoms with van der Waals surface area (Å²) >= 11 is 0. The summed E-state index contributed by atoms with van der Waals surface area (Å²) in [6, 6.07) is 3.48. The molecule has 0 saturated heterocycles. The van der Waals surface area contributed by atoms with Crippen LogP contribution in [0.5, 0.6) is 11.5 Å². The van der Waals surface area contributed by atoms with E-state index < -0.39 is 0 Å². The van der Waals surface area contributed by atoms with Crippen molar-refractivity contribution >= 4 is 10.9 Å². The predicted molar refractivity (Wildman–Crippen MR) is 58.5 cm³/mol. The van der Waals surface area contributed by atoms with Crippen LogP contribution in [0.25, 0.3) is 10.9 Å². The summed E-state index contributed by atoms with van der Waals surface area (Å²) in [5.41, 5.74) is 0.710. The van der Waals surface area contributed by atoms with Gasteiger partial charge in [0, 0.05) is 13.0 Å². The van der Waals surface area contributed by atoms with E-state index in [2.05, 4.69) is 4.98 Å². The summed E-state index contributed by atoms with van der Waals surface area (Å²) < 4.78 is 11.0. The van der Waals surface area contributed by atoms with Gasteiger partial charge in [-0.3, -0.25) is 0 Å². The van der Waals surface area contributed by atoms with Crippen molar-refractivity contribution in [1.29, 1.82) is 0 Å². The molecule has 0 N–H and O–H groups in total. The lowest BCUT2D eigenvalue weighted by Crippen LogP contribution is -2.30. The van der Waals surface area contributed by atoms with Gasteiger partial charge in [-0.2, -0.15) is 0 Å².